The summed E-state index contributed by atoms with van der Waals surface area (Å²) in [7, 11) is 3.43. The van der Waals surface area contributed by atoms with Crippen LogP contribution in [0.5, 0.6) is 0 Å². The van der Waals surface area contributed by atoms with Gasteiger partial charge in [0.05, 0.1) is 5.56 Å². The SMILES string of the molecule is CNC(=O)c1cnc(NC(=O)C2CC2)c2c1C=C(c1cccc(-c3ncn(C)n3)c1)C2. The summed E-state index contributed by atoms with van der Waals surface area (Å²) in [6.45, 7) is 0. The molecule has 0 unspecified atom stereocenters. The molecule has 3 aromatic rings. The third-order valence-electron chi connectivity index (χ3n) is 5.66. The first-order chi connectivity index (χ1) is 15.0. The molecule has 8 heteroatoms. The number of aromatic nitrogens is 4. The van der Waals surface area contributed by atoms with E-state index in [4.69, 9.17) is 0 Å². The van der Waals surface area contributed by atoms with Crippen LogP contribution in [0.2, 0.25) is 0 Å². The van der Waals surface area contributed by atoms with Gasteiger partial charge in [0, 0.05) is 43.8 Å². The maximum absolute atomic E-state index is 12.4. The topological polar surface area (TPSA) is 102 Å². The van der Waals surface area contributed by atoms with E-state index in [1.165, 1.54) is 6.20 Å². The van der Waals surface area contributed by atoms with E-state index in [-0.39, 0.29) is 17.7 Å². The number of benzene rings is 1. The number of aryl methyl sites for hydroxylation is 1. The second-order valence-electron chi connectivity index (χ2n) is 7.92. The van der Waals surface area contributed by atoms with Crippen LogP contribution < -0.4 is 10.6 Å². The van der Waals surface area contributed by atoms with E-state index in [2.05, 4.69) is 25.7 Å². The van der Waals surface area contributed by atoms with Crippen molar-refractivity contribution in [2.45, 2.75) is 19.3 Å². The molecule has 0 atom stereocenters. The van der Waals surface area contributed by atoms with Gasteiger partial charge in [0.1, 0.15) is 12.1 Å². The molecule has 8 nitrogen and oxygen atoms in total. The second-order valence-corrected chi connectivity index (χ2v) is 7.92. The summed E-state index contributed by atoms with van der Waals surface area (Å²) in [6, 6.07) is 8.01. The Morgan fingerprint density at radius 3 is 2.68 bits per heavy atom. The molecule has 2 amide bonds. The van der Waals surface area contributed by atoms with Crippen LogP contribution in [0.1, 0.15) is 39.9 Å². The first kappa shape index (κ1) is 19.2. The normalized spacial score (nSPS) is 14.7. The summed E-state index contributed by atoms with van der Waals surface area (Å²) in [5.41, 5.74) is 5.15. The molecule has 0 radical (unpaired) electrons. The second kappa shape index (κ2) is 7.46. The Kier molecular flexibility index (Phi) is 4.62. The number of nitrogens with zero attached hydrogens (tertiary/aromatic N) is 4. The average molecular weight is 414 g/mol. The lowest BCUT2D eigenvalue weighted by Gasteiger charge is -2.12. The van der Waals surface area contributed by atoms with Gasteiger partial charge in [0.15, 0.2) is 5.82 Å². The number of allylic oxidation sites excluding steroid dienone is 1. The van der Waals surface area contributed by atoms with E-state index in [1.54, 1.807) is 18.1 Å². The van der Waals surface area contributed by atoms with Crippen molar-refractivity contribution in [2.24, 2.45) is 13.0 Å². The Bertz CT molecular complexity index is 1240. The molecule has 2 aromatic heterocycles. The Balaban J connectivity index is 1.52. The molecule has 0 bridgehead atoms. The van der Waals surface area contributed by atoms with Crippen LogP contribution in [-0.4, -0.2) is 38.6 Å². The van der Waals surface area contributed by atoms with E-state index in [9.17, 15) is 9.59 Å². The summed E-state index contributed by atoms with van der Waals surface area (Å²) in [4.78, 5) is 33.5. The number of carbonyl (C=O) groups excluding carboxylic acids is 2. The van der Waals surface area contributed by atoms with Gasteiger partial charge in [-0.25, -0.2) is 9.97 Å². The van der Waals surface area contributed by atoms with Crippen LogP contribution >= 0.6 is 0 Å². The molecule has 156 valence electrons. The monoisotopic (exact) mass is 414 g/mol. The third kappa shape index (κ3) is 3.61. The molecule has 5 rings (SSSR count). The van der Waals surface area contributed by atoms with Gasteiger partial charge in [-0.1, -0.05) is 18.2 Å². The van der Waals surface area contributed by atoms with Crippen LogP contribution in [0.15, 0.2) is 36.8 Å². The minimum atomic E-state index is -0.201. The number of anilines is 1. The Morgan fingerprint density at radius 2 is 1.97 bits per heavy atom. The van der Waals surface area contributed by atoms with Gasteiger partial charge in [-0.3, -0.25) is 14.3 Å². The standard InChI is InChI=1S/C23H22N6O2/c1-24-23(31)19-11-25-21(27-22(30)13-6-7-13)18-10-16(9-17(18)19)14-4-3-5-15(8-14)20-26-12-29(2)28-20/h3-5,8-9,11-13H,6-7,10H2,1-2H3,(H,24,31)(H,25,27,30). The van der Waals surface area contributed by atoms with E-state index in [1.807, 2.05) is 37.4 Å². The van der Waals surface area contributed by atoms with Crippen molar-refractivity contribution in [3.8, 4) is 11.4 Å². The molecular weight excluding hydrogens is 392 g/mol. The minimum absolute atomic E-state index is 0.000864. The molecule has 2 N–H and O–H groups in total. The molecule has 0 spiro atoms. The summed E-state index contributed by atoms with van der Waals surface area (Å²) in [6.07, 6.45) is 7.63. The van der Waals surface area contributed by atoms with Gasteiger partial charge >= 0.3 is 0 Å². The number of fused-ring (bicyclic) bond motifs is 1. The Morgan fingerprint density at radius 1 is 1.16 bits per heavy atom. The molecule has 1 saturated carbocycles. The largest absolute Gasteiger partial charge is 0.355 e. The summed E-state index contributed by atoms with van der Waals surface area (Å²) in [5, 5.41) is 10.0. The maximum Gasteiger partial charge on any atom is 0.253 e. The summed E-state index contributed by atoms with van der Waals surface area (Å²) >= 11 is 0. The lowest BCUT2D eigenvalue weighted by molar-refractivity contribution is -0.117. The molecule has 31 heavy (non-hydrogen) atoms. The number of amides is 2. The predicted molar refractivity (Wildman–Crippen MR) is 117 cm³/mol. The van der Waals surface area contributed by atoms with Crippen LogP contribution in [-0.2, 0) is 18.3 Å². The van der Waals surface area contributed by atoms with Crippen LogP contribution in [0.3, 0.4) is 0 Å². The minimum Gasteiger partial charge on any atom is -0.355 e. The Labute approximate surface area is 179 Å². The van der Waals surface area contributed by atoms with Crippen molar-refractivity contribution in [1.29, 1.82) is 0 Å². The van der Waals surface area contributed by atoms with Gasteiger partial charge in [0.2, 0.25) is 5.91 Å². The van der Waals surface area contributed by atoms with E-state index < -0.39 is 0 Å². The van der Waals surface area contributed by atoms with Crippen molar-refractivity contribution >= 4 is 29.3 Å². The van der Waals surface area contributed by atoms with Gasteiger partial charge in [-0.2, -0.15) is 5.10 Å². The number of rotatable bonds is 5. The van der Waals surface area contributed by atoms with E-state index in [0.717, 1.165) is 40.7 Å². The van der Waals surface area contributed by atoms with Crippen LogP contribution in [0.4, 0.5) is 5.82 Å². The predicted octanol–water partition coefficient (Wildman–Crippen LogP) is 2.68. The highest BCUT2D eigenvalue weighted by molar-refractivity contribution is 6.04. The highest BCUT2D eigenvalue weighted by atomic mass is 16.2. The van der Waals surface area contributed by atoms with Gasteiger partial charge in [-0.15, -0.1) is 0 Å². The Hall–Kier alpha value is -3.81. The van der Waals surface area contributed by atoms with Crippen molar-refractivity contribution in [3.63, 3.8) is 0 Å². The zero-order valence-corrected chi connectivity index (χ0v) is 17.3. The first-order valence-corrected chi connectivity index (χ1v) is 10.3. The highest BCUT2D eigenvalue weighted by Gasteiger charge is 2.31. The fourth-order valence-electron chi connectivity index (χ4n) is 3.83. The van der Waals surface area contributed by atoms with E-state index in [0.29, 0.717) is 23.6 Å². The molecule has 2 aliphatic rings. The summed E-state index contributed by atoms with van der Waals surface area (Å²) in [5.74, 6) is 1.07. The van der Waals surface area contributed by atoms with Gasteiger partial charge < -0.3 is 10.6 Å². The molecular formula is C23H22N6O2. The fourth-order valence-corrected chi connectivity index (χ4v) is 3.83. The molecule has 0 aliphatic heterocycles. The van der Waals surface area contributed by atoms with Crippen molar-refractivity contribution in [1.82, 2.24) is 25.1 Å². The molecule has 2 heterocycles. The quantitative estimate of drug-likeness (QED) is 0.668. The van der Waals surface area contributed by atoms with Crippen molar-refractivity contribution in [3.05, 3.63) is 59.0 Å². The lowest BCUT2D eigenvalue weighted by atomic mass is 10.0. The average Bonchev–Trinajstić information content (AvgIpc) is 3.39. The van der Waals surface area contributed by atoms with Gasteiger partial charge in [-0.05, 0) is 41.7 Å². The number of carbonyl (C=O) groups is 2. The zero-order chi connectivity index (χ0) is 21.5. The maximum atomic E-state index is 12.4. The van der Waals surface area contributed by atoms with Crippen LogP contribution in [0.25, 0.3) is 23.0 Å². The molecule has 2 aliphatic carbocycles. The first-order valence-electron chi connectivity index (χ1n) is 10.3. The number of hydrogen-bond acceptors (Lipinski definition) is 5. The van der Waals surface area contributed by atoms with Crippen LogP contribution in [0, 0.1) is 5.92 Å². The van der Waals surface area contributed by atoms with Crippen molar-refractivity contribution in [2.75, 3.05) is 12.4 Å². The smallest absolute Gasteiger partial charge is 0.253 e. The van der Waals surface area contributed by atoms with Gasteiger partial charge in [0.25, 0.3) is 5.91 Å². The molecule has 0 saturated heterocycles. The fraction of sp³-hybridized carbons (Fsp3) is 0.261. The molecule has 1 aromatic carbocycles. The number of hydrogen-bond donors (Lipinski definition) is 2. The van der Waals surface area contributed by atoms with E-state index >= 15 is 0 Å². The highest BCUT2D eigenvalue weighted by Crippen LogP contribution is 2.38. The number of nitrogens with one attached hydrogen (secondary N) is 2. The summed E-state index contributed by atoms with van der Waals surface area (Å²) < 4.78 is 1.67. The number of pyridine rings is 1. The lowest BCUT2D eigenvalue weighted by Crippen LogP contribution is -2.21. The molecule has 1 fully saturated rings. The van der Waals surface area contributed by atoms with Crippen molar-refractivity contribution < 1.29 is 9.59 Å². The zero-order valence-electron chi connectivity index (χ0n) is 17.3. The third-order valence-corrected chi connectivity index (χ3v) is 5.66.